The summed E-state index contributed by atoms with van der Waals surface area (Å²) >= 11 is 0. The molecule has 0 atom stereocenters. The number of aliphatic carboxylic acids is 2. The summed E-state index contributed by atoms with van der Waals surface area (Å²) in [6.07, 6.45) is 2.13. The number of carbonyl (C=O) groups is 2. The largest absolute Gasteiger partial charge is 0.473 e. The van der Waals surface area contributed by atoms with Crippen LogP contribution in [0.25, 0.3) is 11.0 Å². The quantitative estimate of drug-likeness (QED) is 0.709. The number of likely N-dealkylation sites (tertiary alicyclic amines) is 1. The molecule has 1 saturated heterocycles. The molecule has 1 aliphatic heterocycles. The number of imidazole rings is 1. The summed E-state index contributed by atoms with van der Waals surface area (Å²) in [7, 11) is 0. The number of hydrogen-bond acceptors (Lipinski definition) is 4. The van der Waals surface area contributed by atoms with Crippen molar-refractivity contribution in [1.29, 1.82) is 0 Å². The van der Waals surface area contributed by atoms with Gasteiger partial charge in [-0.25, -0.2) is 14.4 Å². The highest BCUT2D eigenvalue weighted by Gasteiger charge is 2.22. The number of nitrogens with zero attached hydrogens (tertiary/aromatic N) is 2. The molecule has 8 nitrogen and oxygen atoms in total. The van der Waals surface area contributed by atoms with Crippen molar-refractivity contribution >= 4 is 23.0 Å². The number of aromatic nitrogens is 2. The maximum absolute atomic E-state index is 12.1. The van der Waals surface area contributed by atoms with Gasteiger partial charge in [0.1, 0.15) is 0 Å². The van der Waals surface area contributed by atoms with Crippen LogP contribution in [-0.4, -0.2) is 56.2 Å². The van der Waals surface area contributed by atoms with Gasteiger partial charge in [-0.3, -0.25) is 4.57 Å². The molecular weight excluding hydrogens is 314 g/mol. The van der Waals surface area contributed by atoms with Crippen molar-refractivity contribution in [3.63, 3.8) is 0 Å². The molecule has 0 bridgehead atoms. The molecule has 0 amide bonds. The average Bonchev–Trinajstić information content (AvgIpc) is 2.91. The van der Waals surface area contributed by atoms with Crippen molar-refractivity contribution in [2.75, 3.05) is 19.6 Å². The van der Waals surface area contributed by atoms with E-state index >= 15 is 0 Å². The highest BCUT2D eigenvalue weighted by molar-refractivity contribution is 6.27. The molecule has 2 aromatic rings. The van der Waals surface area contributed by atoms with E-state index in [-0.39, 0.29) is 5.69 Å². The maximum atomic E-state index is 12.1. The highest BCUT2D eigenvalue weighted by atomic mass is 16.4. The van der Waals surface area contributed by atoms with Crippen molar-refractivity contribution in [2.45, 2.75) is 25.8 Å². The molecule has 0 spiro atoms. The normalized spacial score (nSPS) is 15.7. The summed E-state index contributed by atoms with van der Waals surface area (Å²) in [4.78, 5) is 35.7. The van der Waals surface area contributed by atoms with Crippen LogP contribution in [0.15, 0.2) is 29.1 Å². The molecule has 0 radical (unpaired) electrons. The first-order valence-electron chi connectivity index (χ1n) is 7.81. The van der Waals surface area contributed by atoms with Crippen LogP contribution in [0.1, 0.15) is 25.8 Å². The van der Waals surface area contributed by atoms with Crippen LogP contribution in [-0.2, 0) is 9.59 Å². The van der Waals surface area contributed by atoms with E-state index in [9.17, 15) is 4.79 Å². The zero-order chi connectivity index (χ0) is 17.7. The Morgan fingerprint density at radius 2 is 1.75 bits per heavy atom. The summed E-state index contributed by atoms with van der Waals surface area (Å²) in [6.45, 7) is 5.48. The van der Waals surface area contributed by atoms with E-state index in [1.54, 1.807) is 0 Å². The van der Waals surface area contributed by atoms with Gasteiger partial charge < -0.3 is 20.1 Å². The summed E-state index contributed by atoms with van der Waals surface area (Å²) < 4.78 is 1.95. The van der Waals surface area contributed by atoms with Gasteiger partial charge in [0.15, 0.2) is 0 Å². The van der Waals surface area contributed by atoms with Gasteiger partial charge in [-0.2, -0.15) is 0 Å². The Kier molecular flexibility index (Phi) is 5.75. The van der Waals surface area contributed by atoms with Crippen LogP contribution >= 0.6 is 0 Å². The molecule has 3 rings (SSSR count). The van der Waals surface area contributed by atoms with Crippen molar-refractivity contribution in [3.8, 4) is 0 Å². The summed E-state index contributed by atoms with van der Waals surface area (Å²) in [5.74, 6) is -3.65. The van der Waals surface area contributed by atoms with E-state index in [2.05, 4.69) is 16.8 Å². The number of H-pyrrole nitrogens is 1. The van der Waals surface area contributed by atoms with Crippen LogP contribution in [0.2, 0.25) is 0 Å². The Morgan fingerprint density at radius 3 is 2.29 bits per heavy atom. The van der Waals surface area contributed by atoms with E-state index in [1.807, 2.05) is 28.8 Å². The number of nitrogens with one attached hydrogen (secondary N) is 1. The zero-order valence-electron chi connectivity index (χ0n) is 13.4. The summed E-state index contributed by atoms with van der Waals surface area (Å²) in [5, 5.41) is 14.8. The molecule has 0 aliphatic carbocycles. The van der Waals surface area contributed by atoms with Gasteiger partial charge in [-0.1, -0.05) is 19.1 Å². The fourth-order valence-electron chi connectivity index (χ4n) is 2.93. The third kappa shape index (κ3) is 4.02. The minimum Gasteiger partial charge on any atom is -0.473 e. The van der Waals surface area contributed by atoms with Crippen molar-refractivity contribution in [1.82, 2.24) is 14.5 Å². The monoisotopic (exact) mass is 335 g/mol. The fourth-order valence-corrected chi connectivity index (χ4v) is 2.93. The predicted molar refractivity (Wildman–Crippen MR) is 88.2 cm³/mol. The number of carboxylic acid groups (broad SMARTS) is 2. The second-order valence-electron chi connectivity index (χ2n) is 5.59. The van der Waals surface area contributed by atoms with Gasteiger partial charge >= 0.3 is 17.6 Å². The van der Waals surface area contributed by atoms with E-state index in [0.717, 1.165) is 43.5 Å². The number of aromatic amines is 1. The van der Waals surface area contributed by atoms with Gasteiger partial charge in [-0.05, 0) is 31.5 Å². The SMILES string of the molecule is CCN1CCC(n2c(=O)[nH]c3ccccc32)CC1.O=C(O)C(=O)O. The second-order valence-corrected chi connectivity index (χ2v) is 5.59. The Morgan fingerprint density at radius 1 is 1.17 bits per heavy atom. The van der Waals surface area contributed by atoms with Crippen LogP contribution in [0.4, 0.5) is 0 Å². The Labute approximate surface area is 138 Å². The average molecular weight is 335 g/mol. The number of fused-ring (bicyclic) bond motifs is 1. The number of piperidine rings is 1. The molecule has 1 aromatic heterocycles. The number of rotatable bonds is 2. The zero-order valence-corrected chi connectivity index (χ0v) is 13.4. The molecule has 0 saturated carbocycles. The lowest BCUT2D eigenvalue weighted by Crippen LogP contribution is -2.36. The summed E-state index contributed by atoms with van der Waals surface area (Å²) in [6, 6.07) is 8.29. The fraction of sp³-hybridized carbons (Fsp3) is 0.438. The first-order valence-corrected chi connectivity index (χ1v) is 7.81. The smallest absolute Gasteiger partial charge is 0.414 e. The highest BCUT2D eigenvalue weighted by Crippen LogP contribution is 2.24. The number of carboxylic acids is 2. The van der Waals surface area contributed by atoms with Crippen LogP contribution < -0.4 is 5.69 Å². The molecule has 0 unspecified atom stereocenters. The predicted octanol–water partition coefficient (Wildman–Crippen LogP) is 1.14. The first kappa shape index (κ1) is 17.7. The van der Waals surface area contributed by atoms with Gasteiger partial charge in [-0.15, -0.1) is 0 Å². The lowest BCUT2D eigenvalue weighted by molar-refractivity contribution is -0.159. The molecule has 3 N–H and O–H groups in total. The van der Waals surface area contributed by atoms with E-state index in [0.29, 0.717) is 6.04 Å². The van der Waals surface area contributed by atoms with Crippen LogP contribution in [0, 0.1) is 0 Å². The lowest BCUT2D eigenvalue weighted by atomic mass is 10.0. The number of para-hydroxylation sites is 2. The summed E-state index contributed by atoms with van der Waals surface area (Å²) in [5.41, 5.74) is 2.02. The molecule has 1 fully saturated rings. The third-order valence-electron chi connectivity index (χ3n) is 4.18. The number of benzene rings is 1. The van der Waals surface area contributed by atoms with E-state index in [1.165, 1.54) is 0 Å². The maximum Gasteiger partial charge on any atom is 0.414 e. The van der Waals surface area contributed by atoms with Crippen molar-refractivity contribution in [2.24, 2.45) is 0 Å². The second kappa shape index (κ2) is 7.78. The molecule has 1 aliphatic rings. The standard InChI is InChI=1S/C14H19N3O.C2H2O4/c1-2-16-9-7-11(8-10-16)17-13-6-4-3-5-12(13)15-14(17)18;3-1(4)2(5)6/h3-6,11H,2,7-10H2,1H3,(H,15,18);(H,3,4)(H,5,6). The van der Waals surface area contributed by atoms with Crippen molar-refractivity contribution < 1.29 is 19.8 Å². The van der Waals surface area contributed by atoms with Gasteiger partial charge in [0, 0.05) is 19.1 Å². The lowest BCUT2D eigenvalue weighted by Gasteiger charge is -2.31. The molecular formula is C16H21N3O5. The van der Waals surface area contributed by atoms with Crippen molar-refractivity contribution in [3.05, 3.63) is 34.7 Å². The van der Waals surface area contributed by atoms with Gasteiger partial charge in [0.05, 0.1) is 11.0 Å². The van der Waals surface area contributed by atoms with Crippen LogP contribution in [0.5, 0.6) is 0 Å². The third-order valence-corrected chi connectivity index (χ3v) is 4.18. The minimum absolute atomic E-state index is 0.0335. The minimum atomic E-state index is -1.82. The Bertz CT molecular complexity index is 759. The van der Waals surface area contributed by atoms with Gasteiger partial charge in [0.2, 0.25) is 0 Å². The Hall–Kier alpha value is -2.61. The first-order chi connectivity index (χ1) is 11.4. The molecule has 24 heavy (non-hydrogen) atoms. The topological polar surface area (TPSA) is 116 Å². The van der Waals surface area contributed by atoms with Gasteiger partial charge in [0.25, 0.3) is 0 Å². The van der Waals surface area contributed by atoms with E-state index < -0.39 is 11.9 Å². The number of hydrogen-bond donors (Lipinski definition) is 3. The van der Waals surface area contributed by atoms with E-state index in [4.69, 9.17) is 19.8 Å². The molecule has 1 aromatic carbocycles. The Balaban J connectivity index is 0.000000301. The molecule has 8 heteroatoms. The molecule has 130 valence electrons. The molecule has 2 heterocycles. The van der Waals surface area contributed by atoms with Crippen LogP contribution in [0.3, 0.4) is 0 Å².